The maximum Gasteiger partial charge on any atom is 0.241 e. The van der Waals surface area contributed by atoms with E-state index >= 15 is 0 Å². The number of hydrogen-bond acceptors (Lipinski definition) is 5. The standard InChI is InChI=1S/C18H19N5O3S/c19-27(25,26)13-4-1-3-11(9-13)17-14-10-12(6-7-15(14)22-23-17)21-18(24)16-5-2-8-20-16/h1,3-4,6-7,9-10,16,20H,2,5,8H2,(H,21,24)(H,22,23)(H2,19,25,26). The van der Waals surface area contributed by atoms with Crippen molar-refractivity contribution in [2.24, 2.45) is 5.14 Å². The summed E-state index contributed by atoms with van der Waals surface area (Å²) < 4.78 is 23.2. The Kier molecular flexibility index (Phi) is 4.42. The first-order valence-corrected chi connectivity index (χ1v) is 10.1. The molecule has 1 saturated heterocycles. The zero-order chi connectivity index (χ0) is 19.0. The summed E-state index contributed by atoms with van der Waals surface area (Å²) in [5, 5.41) is 19.3. The van der Waals surface area contributed by atoms with E-state index in [4.69, 9.17) is 5.14 Å². The fourth-order valence-electron chi connectivity index (χ4n) is 3.27. The zero-order valence-corrected chi connectivity index (χ0v) is 15.2. The number of amides is 1. The second kappa shape index (κ2) is 6.76. The summed E-state index contributed by atoms with van der Waals surface area (Å²) in [5.74, 6) is -0.0619. The Labute approximate surface area is 156 Å². The van der Waals surface area contributed by atoms with Crippen molar-refractivity contribution in [1.29, 1.82) is 0 Å². The zero-order valence-electron chi connectivity index (χ0n) is 14.4. The van der Waals surface area contributed by atoms with E-state index in [0.717, 1.165) is 30.3 Å². The number of primary sulfonamides is 1. The number of aromatic nitrogens is 2. The highest BCUT2D eigenvalue weighted by molar-refractivity contribution is 7.89. The van der Waals surface area contributed by atoms with Crippen molar-refractivity contribution in [2.45, 2.75) is 23.8 Å². The molecule has 1 atom stereocenters. The number of aromatic amines is 1. The van der Waals surface area contributed by atoms with Crippen molar-refractivity contribution in [3.05, 3.63) is 42.5 Å². The summed E-state index contributed by atoms with van der Waals surface area (Å²) >= 11 is 0. The number of fused-ring (bicyclic) bond motifs is 1. The Balaban J connectivity index is 1.69. The van der Waals surface area contributed by atoms with Crippen LogP contribution < -0.4 is 15.8 Å². The van der Waals surface area contributed by atoms with Gasteiger partial charge in [0.15, 0.2) is 0 Å². The van der Waals surface area contributed by atoms with Crippen LogP contribution in [0.4, 0.5) is 5.69 Å². The molecule has 9 heteroatoms. The molecule has 140 valence electrons. The van der Waals surface area contributed by atoms with Crippen LogP contribution >= 0.6 is 0 Å². The molecule has 1 aliphatic heterocycles. The minimum absolute atomic E-state index is 0.0212. The van der Waals surface area contributed by atoms with E-state index in [1.54, 1.807) is 18.2 Å². The highest BCUT2D eigenvalue weighted by Crippen LogP contribution is 2.29. The third kappa shape index (κ3) is 3.57. The lowest BCUT2D eigenvalue weighted by Crippen LogP contribution is -2.35. The van der Waals surface area contributed by atoms with E-state index in [-0.39, 0.29) is 16.8 Å². The molecule has 0 saturated carbocycles. The number of benzene rings is 2. The molecule has 0 radical (unpaired) electrons. The van der Waals surface area contributed by atoms with Crippen LogP contribution in [0, 0.1) is 0 Å². The van der Waals surface area contributed by atoms with Gasteiger partial charge in [0.2, 0.25) is 15.9 Å². The van der Waals surface area contributed by atoms with Gasteiger partial charge in [-0.05, 0) is 49.7 Å². The third-order valence-electron chi connectivity index (χ3n) is 4.64. The first kappa shape index (κ1) is 17.7. The first-order valence-electron chi connectivity index (χ1n) is 8.57. The molecule has 4 rings (SSSR count). The van der Waals surface area contributed by atoms with Gasteiger partial charge in [0.1, 0.15) is 5.69 Å². The van der Waals surface area contributed by atoms with Crippen LogP contribution in [-0.4, -0.2) is 37.1 Å². The Morgan fingerprint density at radius 2 is 2.07 bits per heavy atom. The Hall–Kier alpha value is -2.75. The number of anilines is 1. The molecular formula is C18H19N5O3S. The second-order valence-electron chi connectivity index (χ2n) is 6.54. The van der Waals surface area contributed by atoms with Gasteiger partial charge in [-0.25, -0.2) is 13.6 Å². The maximum absolute atomic E-state index is 12.3. The average Bonchev–Trinajstić information content (AvgIpc) is 3.31. The largest absolute Gasteiger partial charge is 0.325 e. The Bertz CT molecular complexity index is 1120. The number of nitrogens with zero attached hydrogens (tertiary/aromatic N) is 1. The molecule has 1 amide bonds. The molecule has 1 aromatic heterocycles. The molecule has 0 bridgehead atoms. The van der Waals surface area contributed by atoms with Crippen LogP contribution in [0.15, 0.2) is 47.4 Å². The minimum atomic E-state index is -3.81. The molecule has 8 nitrogen and oxygen atoms in total. The van der Waals surface area contributed by atoms with Gasteiger partial charge in [-0.1, -0.05) is 12.1 Å². The maximum atomic E-state index is 12.3. The molecule has 3 aromatic rings. The number of hydrogen-bond donors (Lipinski definition) is 4. The van der Waals surface area contributed by atoms with Crippen LogP contribution in [0.1, 0.15) is 12.8 Å². The number of sulfonamides is 1. The fraction of sp³-hybridized carbons (Fsp3) is 0.222. The quantitative estimate of drug-likeness (QED) is 0.542. The number of carbonyl (C=O) groups is 1. The van der Waals surface area contributed by atoms with Crippen molar-refractivity contribution in [1.82, 2.24) is 15.5 Å². The Morgan fingerprint density at radius 1 is 1.22 bits per heavy atom. The third-order valence-corrected chi connectivity index (χ3v) is 5.55. The SMILES string of the molecule is NS(=O)(=O)c1cccc(-c2n[nH]c3ccc(NC(=O)C4CCCN4)cc23)c1. The predicted octanol–water partition coefficient (Wildman–Crippen LogP) is 1.57. The summed E-state index contributed by atoms with van der Waals surface area (Å²) in [6, 6.07) is 11.6. The summed E-state index contributed by atoms with van der Waals surface area (Å²) in [4.78, 5) is 12.3. The summed E-state index contributed by atoms with van der Waals surface area (Å²) in [6.07, 6.45) is 1.81. The van der Waals surface area contributed by atoms with Crippen LogP contribution in [0.5, 0.6) is 0 Å². The molecule has 1 fully saturated rings. The normalized spacial score (nSPS) is 17.3. The number of carbonyl (C=O) groups excluding carboxylic acids is 1. The topological polar surface area (TPSA) is 130 Å². The molecule has 1 unspecified atom stereocenters. The van der Waals surface area contributed by atoms with Crippen molar-refractivity contribution in [3.8, 4) is 11.3 Å². The highest BCUT2D eigenvalue weighted by atomic mass is 32.2. The number of rotatable bonds is 4. The van der Waals surface area contributed by atoms with Crippen LogP contribution in [0.25, 0.3) is 22.2 Å². The first-order chi connectivity index (χ1) is 12.9. The molecule has 2 heterocycles. The molecule has 5 N–H and O–H groups in total. The van der Waals surface area contributed by atoms with Crippen molar-refractivity contribution in [2.75, 3.05) is 11.9 Å². The van der Waals surface area contributed by atoms with Gasteiger partial charge in [-0.3, -0.25) is 9.89 Å². The smallest absolute Gasteiger partial charge is 0.241 e. The van der Waals surface area contributed by atoms with Gasteiger partial charge in [0.05, 0.1) is 16.5 Å². The van der Waals surface area contributed by atoms with Gasteiger partial charge in [-0.15, -0.1) is 0 Å². The van der Waals surface area contributed by atoms with Crippen molar-refractivity contribution >= 4 is 32.5 Å². The van der Waals surface area contributed by atoms with Crippen LogP contribution in [0.2, 0.25) is 0 Å². The van der Waals surface area contributed by atoms with Crippen LogP contribution in [-0.2, 0) is 14.8 Å². The Morgan fingerprint density at radius 3 is 2.81 bits per heavy atom. The summed E-state index contributed by atoms with van der Waals surface area (Å²) in [6.45, 7) is 0.851. The highest BCUT2D eigenvalue weighted by Gasteiger charge is 2.22. The lowest BCUT2D eigenvalue weighted by molar-refractivity contribution is -0.117. The lowest BCUT2D eigenvalue weighted by atomic mass is 10.1. The second-order valence-corrected chi connectivity index (χ2v) is 8.11. The van der Waals surface area contributed by atoms with Gasteiger partial charge < -0.3 is 10.6 Å². The van der Waals surface area contributed by atoms with E-state index in [2.05, 4.69) is 20.8 Å². The molecule has 0 spiro atoms. The monoisotopic (exact) mass is 385 g/mol. The van der Waals surface area contributed by atoms with E-state index < -0.39 is 10.0 Å². The minimum Gasteiger partial charge on any atom is -0.325 e. The number of H-pyrrole nitrogens is 1. The van der Waals surface area contributed by atoms with E-state index in [0.29, 0.717) is 16.9 Å². The number of nitrogens with two attached hydrogens (primary N) is 1. The average molecular weight is 385 g/mol. The molecular weight excluding hydrogens is 366 g/mol. The molecule has 0 aliphatic carbocycles. The summed E-state index contributed by atoms with van der Waals surface area (Å²) in [5.41, 5.74) is 2.65. The number of nitrogens with one attached hydrogen (secondary N) is 3. The molecule has 27 heavy (non-hydrogen) atoms. The van der Waals surface area contributed by atoms with E-state index in [1.165, 1.54) is 12.1 Å². The molecule has 2 aromatic carbocycles. The van der Waals surface area contributed by atoms with Crippen molar-refractivity contribution in [3.63, 3.8) is 0 Å². The van der Waals surface area contributed by atoms with E-state index in [9.17, 15) is 13.2 Å². The van der Waals surface area contributed by atoms with Gasteiger partial charge in [0.25, 0.3) is 0 Å². The van der Waals surface area contributed by atoms with Gasteiger partial charge in [0, 0.05) is 16.6 Å². The summed E-state index contributed by atoms with van der Waals surface area (Å²) in [7, 11) is -3.81. The predicted molar refractivity (Wildman–Crippen MR) is 103 cm³/mol. The fourth-order valence-corrected chi connectivity index (χ4v) is 3.83. The van der Waals surface area contributed by atoms with Gasteiger partial charge >= 0.3 is 0 Å². The van der Waals surface area contributed by atoms with Gasteiger partial charge in [-0.2, -0.15) is 5.10 Å². The molecule has 1 aliphatic rings. The van der Waals surface area contributed by atoms with Crippen molar-refractivity contribution < 1.29 is 13.2 Å². The van der Waals surface area contributed by atoms with Crippen LogP contribution in [0.3, 0.4) is 0 Å². The lowest BCUT2D eigenvalue weighted by Gasteiger charge is -2.11. The van der Waals surface area contributed by atoms with E-state index in [1.807, 2.05) is 12.1 Å².